The number of benzene rings is 1. The van der Waals surface area contributed by atoms with Crippen LogP contribution in [-0.2, 0) is 22.4 Å². The van der Waals surface area contributed by atoms with Gasteiger partial charge in [-0.1, -0.05) is 72.8 Å². The second-order valence-electron chi connectivity index (χ2n) is 6.10. The minimum absolute atomic E-state index is 0.0485. The number of hydrogen-bond donors (Lipinski definition) is 0. The molecule has 0 N–H and O–H groups in total. The molecule has 0 saturated heterocycles. The third-order valence-electron chi connectivity index (χ3n) is 3.98. The van der Waals surface area contributed by atoms with Crippen molar-refractivity contribution < 1.29 is 9.53 Å². The van der Waals surface area contributed by atoms with Crippen LogP contribution in [0.2, 0.25) is 0 Å². The Kier molecular flexibility index (Phi) is 11.9. The van der Waals surface area contributed by atoms with Crippen LogP contribution in [0.5, 0.6) is 0 Å². The first-order valence-corrected chi connectivity index (χ1v) is 10.2. The molecule has 0 fully saturated rings. The lowest BCUT2D eigenvalue weighted by atomic mass is 10.0. The van der Waals surface area contributed by atoms with E-state index in [1.54, 1.807) is 0 Å². The van der Waals surface area contributed by atoms with Gasteiger partial charge in [0.25, 0.3) is 0 Å². The summed E-state index contributed by atoms with van der Waals surface area (Å²) in [5.41, 5.74) is 2.65. The Morgan fingerprint density at radius 1 is 1.00 bits per heavy atom. The standard InChI is InChI=1S/C20H31BrO2/c1-2-3-10-18-11-9-12-19(17-18)14-16-23-20(22)13-7-5-4-6-8-15-21/h9,11-12,17H,2-8,10,13-16H2,1H3. The zero-order valence-corrected chi connectivity index (χ0v) is 16.1. The van der Waals surface area contributed by atoms with E-state index in [0.29, 0.717) is 13.0 Å². The summed E-state index contributed by atoms with van der Waals surface area (Å²) in [7, 11) is 0. The monoisotopic (exact) mass is 382 g/mol. The normalized spacial score (nSPS) is 10.7. The van der Waals surface area contributed by atoms with E-state index in [9.17, 15) is 4.79 Å². The summed E-state index contributed by atoms with van der Waals surface area (Å²) in [6, 6.07) is 8.65. The van der Waals surface area contributed by atoms with E-state index in [0.717, 1.165) is 31.0 Å². The van der Waals surface area contributed by atoms with Gasteiger partial charge in [0.2, 0.25) is 0 Å². The van der Waals surface area contributed by atoms with Gasteiger partial charge in [0.1, 0.15) is 0 Å². The number of hydrogen-bond acceptors (Lipinski definition) is 2. The Labute approximate surface area is 150 Å². The molecule has 0 heterocycles. The second kappa shape index (κ2) is 13.6. The maximum atomic E-state index is 11.7. The van der Waals surface area contributed by atoms with E-state index in [2.05, 4.69) is 47.1 Å². The highest BCUT2D eigenvalue weighted by Crippen LogP contribution is 2.10. The molecule has 0 unspecified atom stereocenters. The van der Waals surface area contributed by atoms with Crippen LogP contribution in [-0.4, -0.2) is 17.9 Å². The van der Waals surface area contributed by atoms with Crippen molar-refractivity contribution in [3.05, 3.63) is 35.4 Å². The van der Waals surface area contributed by atoms with Crippen molar-refractivity contribution in [2.24, 2.45) is 0 Å². The van der Waals surface area contributed by atoms with E-state index in [1.165, 1.54) is 43.2 Å². The summed E-state index contributed by atoms with van der Waals surface area (Å²) < 4.78 is 5.35. The van der Waals surface area contributed by atoms with Crippen molar-refractivity contribution in [1.82, 2.24) is 0 Å². The summed E-state index contributed by atoms with van der Waals surface area (Å²) in [5, 5.41) is 1.08. The van der Waals surface area contributed by atoms with E-state index in [-0.39, 0.29) is 5.97 Å². The van der Waals surface area contributed by atoms with Gasteiger partial charge in [0, 0.05) is 18.2 Å². The number of unbranched alkanes of at least 4 members (excludes halogenated alkanes) is 5. The zero-order valence-electron chi connectivity index (χ0n) is 14.5. The summed E-state index contributed by atoms with van der Waals surface area (Å²) in [6.45, 7) is 2.71. The zero-order chi connectivity index (χ0) is 16.8. The molecule has 0 spiro atoms. The van der Waals surface area contributed by atoms with Crippen molar-refractivity contribution in [1.29, 1.82) is 0 Å². The van der Waals surface area contributed by atoms with Gasteiger partial charge in [0.05, 0.1) is 6.61 Å². The first-order valence-electron chi connectivity index (χ1n) is 9.05. The minimum atomic E-state index is -0.0485. The highest BCUT2D eigenvalue weighted by molar-refractivity contribution is 9.09. The van der Waals surface area contributed by atoms with Gasteiger partial charge in [-0.3, -0.25) is 4.79 Å². The molecular weight excluding hydrogens is 352 g/mol. The SMILES string of the molecule is CCCCc1cccc(CCOC(=O)CCCCCCCBr)c1. The van der Waals surface area contributed by atoms with E-state index >= 15 is 0 Å². The number of carbonyl (C=O) groups is 1. The molecule has 1 aromatic rings. The van der Waals surface area contributed by atoms with Gasteiger partial charge in [-0.15, -0.1) is 0 Å². The van der Waals surface area contributed by atoms with Gasteiger partial charge >= 0.3 is 5.97 Å². The molecule has 0 aliphatic heterocycles. The molecule has 1 aromatic carbocycles. The molecule has 0 atom stereocenters. The highest BCUT2D eigenvalue weighted by Gasteiger charge is 2.03. The molecule has 0 aliphatic carbocycles. The molecule has 0 aliphatic rings. The second-order valence-corrected chi connectivity index (χ2v) is 6.89. The summed E-state index contributed by atoms with van der Waals surface area (Å²) in [6.07, 6.45) is 10.7. The van der Waals surface area contributed by atoms with Crippen LogP contribution in [0, 0.1) is 0 Å². The lowest BCUT2D eigenvalue weighted by Crippen LogP contribution is -2.07. The number of rotatable bonds is 13. The van der Waals surface area contributed by atoms with Crippen LogP contribution < -0.4 is 0 Å². The Morgan fingerprint density at radius 3 is 2.43 bits per heavy atom. The number of esters is 1. The summed E-state index contributed by atoms with van der Waals surface area (Å²) in [5.74, 6) is -0.0485. The van der Waals surface area contributed by atoms with E-state index in [4.69, 9.17) is 4.74 Å². The van der Waals surface area contributed by atoms with Gasteiger partial charge in [0.15, 0.2) is 0 Å². The topological polar surface area (TPSA) is 26.3 Å². The molecule has 0 amide bonds. The highest BCUT2D eigenvalue weighted by atomic mass is 79.9. The Balaban J connectivity index is 2.12. The van der Waals surface area contributed by atoms with Crippen LogP contribution in [0.3, 0.4) is 0 Å². The van der Waals surface area contributed by atoms with Crippen molar-refractivity contribution in [2.45, 2.75) is 71.1 Å². The first kappa shape index (κ1) is 20.2. The van der Waals surface area contributed by atoms with Gasteiger partial charge in [-0.05, 0) is 36.8 Å². The quantitative estimate of drug-likeness (QED) is 0.243. The minimum Gasteiger partial charge on any atom is -0.465 e. The number of alkyl halides is 1. The van der Waals surface area contributed by atoms with Crippen molar-refractivity contribution in [3.8, 4) is 0 Å². The molecule has 2 nitrogen and oxygen atoms in total. The number of aryl methyl sites for hydroxylation is 1. The van der Waals surface area contributed by atoms with Crippen LogP contribution in [0.4, 0.5) is 0 Å². The first-order chi connectivity index (χ1) is 11.3. The van der Waals surface area contributed by atoms with E-state index in [1.807, 2.05) is 0 Å². The average Bonchev–Trinajstić information content (AvgIpc) is 2.56. The van der Waals surface area contributed by atoms with Crippen LogP contribution >= 0.6 is 15.9 Å². The molecular formula is C20H31BrO2. The molecule has 3 heteroatoms. The fourth-order valence-electron chi connectivity index (χ4n) is 2.57. The Bertz CT molecular complexity index is 431. The lowest BCUT2D eigenvalue weighted by molar-refractivity contribution is -0.143. The van der Waals surface area contributed by atoms with Crippen LogP contribution in [0.25, 0.3) is 0 Å². The smallest absolute Gasteiger partial charge is 0.305 e. The van der Waals surface area contributed by atoms with Crippen molar-refractivity contribution >= 4 is 21.9 Å². The predicted molar refractivity (Wildman–Crippen MR) is 101 cm³/mol. The van der Waals surface area contributed by atoms with Crippen LogP contribution in [0.1, 0.15) is 69.4 Å². The molecule has 1 rings (SSSR count). The fraction of sp³-hybridized carbons (Fsp3) is 0.650. The largest absolute Gasteiger partial charge is 0.465 e. The molecule has 23 heavy (non-hydrogen) atoms. The summed E-state index contributed by atoms with van der Waals surface area (Å²) in [4.78, 5) is 11.7. The molecule has 0 aromatic heterocycles. The number of carbonyl (C=O) groups excluding carboxylic acids is 1. The third kappa shape index (κ3) is 10.5. The maximum Gasteiger partial charge on any atom is 0.305 e. The van der Waals surface area contributed by atoms with Crippen molar-refractivity contribution in [2.75, 3.05) is 11.9 Å². The van der Waals surface area contributed by atoms with Gasteiger partial charge < -0.3 is 4.74 Å². The summed E-state index contributed by atoms with van der Waals surface area (Å²) >= 11 is 3.43. The maximum absolute atomic E-state index is 11.7. The van der Waals surface area contributed by atoms with Crippen LogP contribution in [0.15, 0.2) is 24.3 Å². The molecule has 0 bridgehead atoms. The number of ether oxygens (including phenoxy) is 1. The Morgan fingerprint density at radius 2 is 1.70 bits per heavy atom. The van der Waals surface area contributed by atoms with Crippen molar-refractivity contribution in [3.63, 3.8) is 0 Å². The number of halogens is 1. The third-order valence-corrected chi connectivity index (χ3v) is 4.54. The molecule has 130 valence electrons. The van der Waals surface area contributed by atoms with Gasteiger partial charge in [-0.25, -0.2) is 0 Å². The average molecular weight is 383 g/mol. The van der Waals surface area contributed by atoms with Gasteiger partial charge in [-0.2, -0.15) is 0 Å². The molecule has 0 saturated carbocycles. The van der Waals surface area contributed by atoms with E-state index < -0.39 is 0 Å². The fourth-order valence-corrected chi connectivity index (χ4v) is 2.97. The predicted octanol–water partition coefficient (Wildman–Crippen LogP) is 5.85. The Hall–Kier alpha value is -0.830. The lowest BCUT2D eigenvalue weighted by Gasteiger charge is -2.07. The molecule has 0 radical (unpaired) electrons.